The van der Waals surface area contributed by atoms with Crippen LogP contribution in [0.5, 0.6) is 0 Å². The topological polar surface area (TPSA) is 40.2 Å². The first kappa shape index (κ1) is 16.5. The van der Waals surface area contributed by atoms with Crippen LogP contribution in [0.1, 0.15) is 6.92 Å². The van der Waals surface area contributed by atoms with Crippen LogP contribution < -0.4 is 5.32 Å². The molecule has 1 N–H and O–H groups in total. The molecule has 0 aromatic heterocycles. The van der Waals surface area contributed by atoms with Crippen LogP contribution in [-0.4, -0.2) is 38.8 Å². The Bertz CT molecular complexity index is 82.7. The predicted molar refractivity (Wildman–Crippen MR) is 43.7 cm³/mol. The zero-order valence-corrected chi connectivity index (χ0v) is 13.3. The fourth-order valence-corrected chi connectivity index (χ4v) is 0.983. The van der Waals surface area contributed by atoms with E-state index >= 15 is 0 Å². The Hall–Kier alpha value is 2.09. The van der Waals surface area contributed by atoms with Gasteiger partial charge in [0.25, 0.3) is 0 Å². The van der Waals surface area contributed by atoms with Gasteiger partial charge in [0.2, 0.25) is 0 Å². The van der Waals surface area contributed by atoms with Gasteiger partial charge in [-0.1, -0.05) is 6.92 Å². The van der Waals surface area contributed by atoms with E-state index < -0.39 is 0 Å². The molecule has 0 amide bonds. The van der Waals surface area contributed by atoms with Gasteiger partial charge in [-0.25, -0.2) is 0 Å². The quantitative estimate of drug-likeness (QED) is 0.702. The summed E-state index contributed by atoms with van der Waals surface area (Å²) in [5, 5.41) is 12.0. The van der Waals surface area contributed by atoms with Crippen LogP contribution in [0.15, 0.2) is 0 Å². The summed E-state index contributed by atoms with van der Waals surface area (Å²) in [7, 11) is 0. The van der Waals surface area contributed by atoms with Crippen LogP contribution in [-0.2, 0) is 65.4 Å². The summed E-state index contributed by atoms with van der Waals surface area (Å²) in [5.74, 6) is 0. The predicted octanol–water partition coefficient (Wildman–Crippen LogP) is 0.720. The van der Waals surface area contributed by atoms with Gasteiger partial charge < -0.3 is 16.0 Å². The van der Waals surface area contributed by atoms with Crippen LogP contribution in [0.25, 0.3) is 10.6 Å². The molecule has 1 aliphatic rings. The Kier molecular flexibility index (Phi) is 15.4. The Morgan fingerprint density at radius 3 is 2.58 bits per heavy atom. The Balaban J connectivity index is 0. The zero-order valence-electron chi connectivity index (χ0n) is 7.66. The smallest absolute Gasteiger partial charge is 0 e. The normalized spacial score (nSPS) is 25.2. The maximum atomic E-state index is 4.39. The summed E-state index contributed by atoms with van der Waals surface area (Å²) in [6.45, 7) is 6.94. The molecule has 0 aromatic carbocycles. The van der Waals surface area contributed by atoms with Crippen LogP contribution in [0.3, 0.4) is 0 Å². The van der Waals surface area contributed by atoms with Crippen molar-refractivity contribution >= 4 is 0 Å². The molecule has 1 fully saturated rings. The average molecular weight is 319 g/mol. The third-order valence-corrected chi connectivity index (χ3v) is 1.57. The van der Waals surface area contributed by atoms with Crippen LogP contribution in [0.4, 0.5) is 0 Å². The minimum absolute atomic E-state index is 0. The molecule has 1 saturated heterocycles. The second-order valence-electron chi connectivity index (χ2n) is 2.63. The molecule has 3 nitrogen and oxygen atoms in total. The van der Waals surface area contributed by atoms with Gasteiger partial charge in [-0.2, -0.15) is 12.6 Å². The minimum Gasteiger partial charge on any atom is -0.662 e. The van der Waals surface area contributed by atoms with Gasteiger partial charge >= 0.3 is 0 Å². The third kappa shape index (κ3) is 8.68. The van der Waals surface area contributed by atoms with E-state index in [4.69, 9.17) is 0 Å². The molecule has 1 atom stereocenters. The molecule has 0 saturated carbocycles. The summed E-state index contributed by atoms with van der Waals surface area (Å²) in [4.78, 5) is 0. The summed E-state index contributed by atoms with van der Waals surface area (Å²) < 4.78 is 0. The molecule has 0 bridgehead atoms. The van der Waals surface area contributed by atoms with Gasteiger partial charge in [-0.15, -0.1) is 13.1 Å². The summed E-state index contributed by atoms with van der Waals surface area (Å²) in [6.07, 6.45) is 0. The number of nitrogens with zero attached hydrogens (tertiary/aromatic N) is 2. The number of nitrogens with one attached hydrogen (secondary N) is 1. The van der Waals surface area contributed by atoms with E-state index in [2.05, 4.69) is 22.9 Å². The Labute approximate surface area is 125 Å². The number of hydrogen-bond donors (Lipinski definition) is 1. The van der Waals surface area contributed by atoms with Crippen molar-refractivity contribution in [2.24, 2.45) is 0 Å². The van der Waals surface area contributed by atoms with Gasteiger partial charge in [0.1, 0.15) is 0 Å². The van der Waals surface area contributed by atoms with Gasteiger partial charge in [0.05, 0.1) is 0 Å². The van der Waals surface area contributed by atoms with Crippen molar-refractivity contribution in [3.8, 4) is 0 Å². The van der Waals surface area contributed by atoms with Crippen molar-refractivity contribution in [3.63, 3.8) is 0 Å². The largest absolute Gasteiger partial charge is 0.662 e. The van der Waals surface area contributed by atoms with E-state index in [0.717, 1.165) is 32.7 Å². The number of hydrogen-bond acceptors (Lipinski definition) is 1. The molecule has 66 valence electrons. The van der Waals surface area contributed by atoms with Crippen molar-refractivity contribution in [1.29, 1.82) is 0 Å². The van der Waals surface area contributed by atoms with Crippen molar-refractivity contribution in [2.75, 3.05) is 32.7 Å². The SMILES string of the molecule is CC1C[N-]CCNCC[N-]1.[Y].[Y]. The van der Waals surface area contributed by atoms with Crippen molar-refractivity contribution in [3.05, 3.63) is 10.6 Å². The molecule has 0 aromatic rings. The van der Waals surface area contributed by atoms with Crippen LogP contribution in [0.2, 0.25) is 0 Å². The molecule has 5 heteroatoms. The molecule has 12 heavy (non-hydrogen) atoms. The van der Waals surface area contributed by atoms with E-state index in [-0.39, 0.29) is 65.4 Å². The Morgan fingerprint density at radius 1 is 1.17 bits per heavy atom. The van der Waals surface area contributed by atoms with E-state index in [9.17, 15) is 0 Å². The molecular formula is C7H15N3Y2-2. The molecule has 1 aliphatic heterocycles. The molecule has 0 aliphatic carbocycles. The first-order valence-corrected chi connectivity index (χ1v) is 3.90. The first-order valence-electron chi connectivity index (χ1n) is 3.90. The van der Waals surface area contributed by atoms with Gasteiger partial charge in [-0.3, -0.25) is 0 Å². The second kappa shape index (κ2) is 11.2. The standard InChI is InChI=1S/C7H15N3.2Y/c1-7-6-9-3-2-8-4-5-10-7;;/h7-8H,2-6H2,1H3;;/q-2;;. The van der Waals surface area contributed by atoms with E-state index in [1.165, 1.54) is 0 Å². The van der Waals surface area contributed by atoms with Crippen LogP contribution in [0, 0.1) is 0 Å². The average Bonchev–Trinajstić information content (AvgIpc) is 2.02. The maximum absolute atomic E-state index is 4.39. The van der Waals surface area contributed by atoms with Gasteiger partial charge in [0, 0.05) is 65.4 Å². The van der Waals surface area contributed by atoms with Gasteiger partial charge in [-0.05, 0) is 13.1 Å². The molecule has 1 unspecified atom stereocenters. The molecule has 1 heterocycles. The maximum Gasteiger partial charge on any atom is 0 e. The molecule has 2 radical (unpaired) electrons. The fourth-order valence-electron chi connectivity index (χ4n) is 0.983. The molecule has 1 rings (SSSR count). The van der Waals surface area contributed by atoms with Crippen molar-refractivity contribution in [2.45, 2.75) is 13.0 Å². The summed E-state index contributed by atoms with van der Waals surface area (Å²) >= 11 is 0. The summed E-state index contributed by atoms with van der Waals surface area (Å²) in [5.41, 5.74) is 0. The van der Waals surface area contributed by atoms with Crippen molar-refractivity contribution in [1.82, 2.24) is 5.32 Å². The molecule has 0 spiro atoms. The second-order valence-corrected chi connectivity index (χ2v) is 2.63. The molecular weight excluding hydrogens is 304 g/mol. The van der Waals surface area contributed by atoms with E-state index in [1.54, 1.807) is 0 Å². The third-order valence-electron chi connectivity index (χ3n) is 1.57. The Morgan fingerprint density at radius 2 is 1.83 bits per heavy atom. The van der Waals surface area contributed by atoms with E-state index in [1.807, 2.05) is 0 Å². The van der Waals surface area contributed by atoms with Crippen LogP contribution >= 0.6 is 0 Å². The zero-order chi connectivity index (χ0) is 7.23. The first-order chi connectivity index (χ1) is 4.89. The van der Waals surface area contributed by atoms with Gasteiger partial charge in [0.15, 0.2) is 0 Å². The number of rotatable bonds is 0. The summed E-state index contributed by atoms with van der Waals surface area (Å²) in [6, 6.07) is 0.430. The monoisotopic (exact) mass is 319 g/mol. The fraction of sp³-hybridized carbons (Fsp3) is 1.00. The van der Waals surface area contributed by atoms with Crippen molar-refractivity contribution < 1.29 is 65.4 Å². The minimum atomic E-state index is 0. The van der Waals surface area contributed by atoms with E-state index in [0.29, 0.717) is 6.04 Å².